The van der Waals surface area contributed by atoms with Crippen molar-refractivity contribution in [2.24, 2.45) is 11.8 Å². The van der Waals surface area contributed by atoms with Crippen molar-refractivity contribution < 1.29 is 13.9 Å². The summed E-state index contributed by atoms with van der Waals surface area (Å²) in [6, 6.07) is 13.9. The third-order valence-electron chi connectivity index (χ3n) is 6.83. The molecular formula is C26H34FN3O2. The van der Waals surface area contributed by atoms with Crippen molar-refractivity contribution in [3.8, 4) is 0 Å². The maximum Gasteiger partial charge on any atom is 0.246 e. The molecule has 0 bridgehead atoms. The molecule has 2 aromatic rings. The van der Waals surface area contributed by atoms with Gasteiger partial charge in [-0.05, 0) is 42.0 Å². The van der Waals surface area contributed by atoms with Crippen molar-refractivity contribution in [3.63, 3.8) is 0 Å². The summed E-state index contributed by atoms with van der Waals surface area (Å²) >= 11 is 0. The van der Waals surface area contributed by atoms with Crippen molar-refractivity contribution in [2.75, 3.05) is 51.3 Å². The smallest absolute Gasteiger partial charge is 0.246 e. The van der Waals surface area contributed by atoms with Gasteiger partial charge in [0, 0.05) is 44.0 Å². The highest BCUT2D eigenvalue weighted by molar-refractivity contribution is 5.95. The molecule has 1 N–H and O–H groups in total. The highest BCUT2D eigenvalue weighted by Crippen LogP contribution is 2.27. The summed E-state index contributed by atoms with van der Waals surface area (Å²) in [4.78, 5) is 17.9. The number of carbonyl (C=O) groups is 1. The van der Waals surface area contributed by atoms with Crippen molar-refractivity contribution in [2.45, 2.75) is 26.3 Å². The van der Waals surface area contributed by atoms with Crippen LogP contribution < -0.4 is 5.32 Å². The Morgan fingerprint density at radius 3 is 2.53 bits per heavy atom. The first-order valence-corrected chi connectivity index (χ1v) is 11.7. The zero-order valence-electron chi connectivity index (χ0n) is 19.1. The maximum atomic E-state index is 14.6. The molecule has 32 heavy (non-hydrogen) atoms. The molecule has 1 amide bonds. The van der Waals surface area contributed by atoms with Crippen LogP contribution in [0.4, 0.5) is 10.1 Å². The highest BCUT2D eigenvalue weighted by Gasteiger charge is 2.31. The van der Waals surface area contributed by atoms with Crippen LogP contribution in [0.3, 0.4) is 0 Å². The predicted octanol–water partition coefficient (Wildman–Crippen LogP) is 3.97. The van der Waals surface area contributed by atoms with Gasteiger partial charge in [0.15, 0.2) is 0 Å². The lowest BCUT2D eigenvalue weighted by molar-refractivity contribution is -0.123. The van der Waals surface area contributed by atoms with Crippen LogP contribution in [0.2, 0.25) is 0 Å². The first-order chi connectivity index (χ1) is 15.5. The number of anilines is 1. The molecule has 6 heteroatoms. The van der Waals surface area contributed by atoms with E-state index in [9.17, 15) is 9.18 Å². The molecule has 2 aliphatic rings. The highest BCUT2D eigenvalue weighted by atomic mass is 19.1. The van der Waals surface area contributed by atoms with Crippen molar-refractivity contribution in [3.05, 3.63) is 65.5 Å². The number of amides is 1. The van der Waals surface area contributed by atoms with Gasteiger partial charge in [-0.3, -0.25) is 9.69 Å². The van der Waals surface area contributed by atoms with Gasteiger partial charge in [-0.15, -0.1) is 0 Å². The van der Waals surface area contributed by atoms with Gasteiger partial charge in [-0.1, -0.05) is 44.2 Å². The van der Waals surface area contributed by atoms with Crippen LogP contribution >= 0.6 is 0 Å². The van der Waals surface area contributed by atoms with E-state index in [1.165, 1.54) is 11.6 Å². The normalized spacial score (nSPS) is 23.2. The molecule has 3 atom stereocenters. The molecule has 2 aliphatic heterocycles. The Bertz CT molecular complexity index is 905. The van der Waals surface area contributed by atoms with E-state index in [0.29, 0.717) is 31.9 Å². The summed E-state index contributed by atoms with van der Waals surface area (Å²) in [6.07, 6.45) is 0.948. The van der Waals surface area contributed by atoms with E-state index in [2.05, 4.69) is 30.1 Å². The minimum atomic E-state index is -0.684. The van der Waals surface area contributed by atoms with Crippen molar-refractivity contribution in [1.82, 2.24) is 9.80 Å². The fraction of sp³-hybridized carbons (Fsp3) is 0.500. The average Bonchev–Trinajstić information content (AvgIpc) is 3.12. The number of hydrogen-bond acceptors (Lipinski definition) is 4. The van der Waals surface area contributed by atoms with E-state index in [0.717, 1.165) is 43.6 Å². The van der Waals surface area contributed by atoms with Gasteiger partial charge < -0.3 is 15.0 Å². The average molecular weight is 440 g/mol. The monoisotopic (exact) mass is 439 g/mol. The van der Waals surface area contributed by atoms with Crippen LogP contribution in [-0.4, -0.2) is 61.6 Å². The van der Waals surface area contributed by atoms with Crippen LogP contribution in [-0.2, 0) is 16.0 Å². The Balaban J connectivity index is 1.45. The van der Waals surface area contributed by atoms with E-state index >= 15 is 0 Å². The molecule has 2 heterocycles. The number of benzene rings is 2. The number of nitrogens with one attached hydrogen (secondary N) is 1. The topological polar surface area (TPSA) is 44.8 Å². The maximum absolute atomic E-state index is 14.6. The van der Waals surface area contributed by atoms with Gasteiger partial charge >= 0.3 is 0 Å². The first kappa shape index (κ1) is 22.9. The number of morpholine rings is 1. The second kappa shape index (κ2) is 10.6. The van der Waals surface area contributed by atoms with Crippen LogP contribution in [0.5, 0.6) is 0 Å². The summed E-state index contributed by atoms with van der Waals surface area (Å²) in [7, 11) is 0. The zero-order valence-corrected chi connectivity index (χ0v) is 19.1. The molecule has 2 aromatic carbocycles. The molecule has 0 radical (unpaired) electrons. The van der Waals surface area contributed by atoms with E-state index in [4.69, 9.17) is 4.74 Å². The van der Waals surface area contributed by atoms with Crippen LogP contribution in [0.15, 0.2) is 48.5 Å². The fourth-order valence-corrected chi connectivity index (χ4v) is 4.77. The summed E-state index contributed by atoms with van der Waals surface area (Å²) in [6.45, 7) is 10.3. The number of nitrogens with zero attached hydrogens (tertiary/aromatic N) is 2. The number of ether oxygens (including phenoxy) is 1. The second-order valence-electron chi connectivity index (χ2n) is 9.23. The lowest BCUT2D eigenvalue weighted by Crippen LogP contribution is -2.44. The van der Waals surface area contributed by atoms with Gasteiger partial charge in [0.25, 0.3) is 0 Å². The standard InChI is InChI=1S/C26H34FN3O2/c1-19-17-29(18-20(19)2)11-10-21-6-5-7-22(16-21)28-26(31)25(30-12-14-32-15-13-30)23-8-3-4-9-24(23)27/h3-9,16,19-20,25H,10-15,17-18H2,1-2H3,(H,28,31)/t19-,20+,25-/m0/s1. The molecule has 0 saturated carbocycles. The Hall–Kier alpha value is -2.28. The SMILES string of the molecule is C[C@@H]1CN(CCc2cccc(NC(=O)[C@H](c3ccccc3F)N3CCOCC3)c2)C[C@@H]1C. The molecule has 0 aromatic heterocycles. The minimum absolute atomic E-state index is 0.212. The van der Waals surface area contributed by atoms with Gasteiger partial charge in [-0.25, -0.2) is 4.39 Å². The molecule has 2 saturated heterocycles. The summed E-state index contributed by atoms with van der Waals surface area (Å²) in [5.74, 6) is 0.922. The first-order valence-electron chi connectivity index (χ1n) is 11.7. The lowest BCUT2D eigenvalue weighted by Gasteiger charge is -2.34. The number of halogens is 1. The number of rotatable bonds is 7. The Morgan fingerprint density at radius 2 is 1.81 bits per heavy atom. The molecule has 4 rings (SSSR count). The molecule has 2 fully saturated rings. The fourth-order valence-electron chi connectivity index (χ4n) is 4.77. The molecule has 172 valence electrons. The Morgan fingerprint density at radius 1 is 1.09 bits per heavy atom. The zero-order chi connectivity index (χ0) is 22.5. The van der Waals surface area contributed by atoms with E-state index in [1.807, 2.05) is 23.1 Å². The van der Waals surface area contributed by atoms with Gasteiger partial charge in [0.2, 0.25) is 5.91 Å². The third kappa shape index (κ3) is 5.55. The second-order valence-corrected chi connectivity index (χ2v) is 9.23. The molecule has 5 nitrogen and oxygen atoms in total. The molecule has 0 unspecified atom stereocenters. The predicted molar refractivity (Wildman–Crippen MR) is 125 cm³/mol. The Labute approximate surface area is 190 Å². The van der Waals surface area contributed by atoms with Gasteiger partial charge in [0.1, 0.15) is 11.9 Å². The number of hydrogen-bond donors (Lipinski definition) is 1. The van der Waals surface area contributed by atoms with Crippen LogP contribution in [0.1, 0.15) is 31.0 Å². The van der Waals surface area contributed by atoms with E-state index in [-0.39, 0.29) is 11.7 Å². The van der Waals surface area contributed by atoms with Crippen LogP contribution in [0, 0.1) is 17.7 Å². The minimum Gasteiger partial charge on any atom is -0.379 e. The largest absolute Gasteiger partial charge is 0.379 e. The number of carbonyl (C=O) groups excluding carboxylic acids is 1. The molecule has 0 aliphatic carbocycles. The summed E-state index contributed by atoms with van der Waals surface area (Å²) in [5.41, 5.74) is 2.36. The van der Waals surface area contributed by atoms with Crippen molar-refractivity contribution >= 4 is 11.6 Å². The van der Waals surface area contributed by atoms with E-state index in [1.54, 1.807) is 18.2 Å². The van der Waals surface area contributed by atoms with Gasteiger partial charge in [-0.2, -0.15) is 0 Å². The Kier molecular flexibility index (Phi) is 7.55. The number of likely N-dealkylation sites (tertiary alicyclic amines) is 1. The quantitative estimate of drug-likeness (QED) is 0.709. The van der Waals surface area contributed by atoms with Crippen LogP contribution in [0.25, 0.3) is 0 Å². The van der Waals surface area contributed by atoms with Gasteiger partial charge in [0.05, 0.1) is 13.2 Å². The van der Waals surface area contributed by atoms with E-state index < -0.39 is 6.04 Å². The lowest BCUT2D eigenvalue weighted by atomic mass is 10.0. The molecule has 0 spiro atoms. The third-order valence-corrected chi connectivity index (χ3v) is 6.83. The summed E-state index contributed by atoms with van der Waals surface area (Å²) < 4.78 is 20.1. The van der Waals surface area contributed by atoms with Crippen molar-refractivity contribution in [1.29, 1.82) is 0 Å². The molecular weight excluding hydrogens is 405 g/mol. The summed E-state index contributed by atoms with van der Waals surface area (Å²) in [5, 5.41) is 3.05.